The van der Waals surface area contributed by atoms with E-state index in [0.717, 1.165) is 12.1 Å². The molecule has 0 aliphatic heterocycles. The number of nitrogens with zero attached hydrogens (tertiary/aromatic N) is 2. The first-order valence-corrected chi connectivity index (χ1v) is 13.7. The number of nitrogens with two attached hydrogens (primary N) is 2. The first kappa shape index (κ1) is 28.4. The summed E-state index contributed by atoms with van der Waals surface area (Å²) in [7, 11) is -3.19. The van der Waals surface area contributed by atoms with Crippen molar-refractivity contribution in [1.29, 1.82) is 0 Å². The molecule has 0 atom stereocenters. The minimum atomic E-state index is -4.47. The maximum Gasteiger partial charge on any atom is 0.264 e. The van der Waals surface area contributed by atoms with Crippen LogP contribution < -0.4 is 20.9 Å². The molecule has 2 heterocycles. The van der Waals surface area contributed by atoms with E-state index in [-0.39, 0.29) is 28.5 Å². The van der Waals surface area contributed by atoms with Crippen LogP contribution >= 0.6 is 0 Å². The molecule has 13 heteroatoms. The van der Waals surface area contributed by atoms with Crippen LogP contribution in [0.25, 0.3) is 33.2 Å². The van der Waals surface area contributed by atoms with E-state index in [0.29, 0.717) is 39.2 Å². The van der Waals surface area contributed by atoms with Crippen molar-refractivity contribution >= 4 is 38.3 Å². The van der Waals surface area contributed by atoms with E-state index < -0.39 is 39.1 Å². The minimum absolute atomic E-state index is 0.0662. The molecule has 214 valence electrons. The van der Waals surface area contributed by atoms with Crippen molar-refractivity contribution in [2.75, 3.05) is 17.6 Å². The Morgan fingerprint density at radius 3 is 2.43 bits per heavy atom. The number of methoxy groups -OCH3 is 1. The van der Waals surface area contributed by atoms with Crippen LogP contribution in [0.1, 0.15) is 15.9 Å². The fourth-order valence-corrected chi connectivity index (χ4v) is 5.56. The third kappa shape index (κ3) is 5.41. The standard InChI is InChI=1S/C29H22F3N5O4S/c1-41-29-25(37-42(39,40)26-7-4-20(31)12-23(26)32)11-19(14-35-29)15-3-6-24-17(8-15)10-22(27(33)36-24)16-2-5-21(28(34)38)18(9-16)13-30/h2-12,14,37H,13H2,1H3,(H2,33,36)(H2,34,38). The number of rotatable bonds is 8. The number of benzene rings is 3. The van der Waals surface area contributed by atoms with Crippen molar-refractivity contribution in [3.8, 4) is 28.1 Å². The maximum absolute atomic E-state index is 14.2. The van der Waals surface area contributed by atoms with Gasteiger partial charge in [-0.15, -0.1) is 0 Å². The molecule has 0 saturated heterocycles. The van der Waals surface area contributed by atoms with E-state index in [4.69, 9.17) is 16.2 Å². The number of nitrogen functional groups attached to an aromatic ring is 1. The number of amides is 1. The lowest BCUT2D eigenvalue weighted by atomic mass is 9.97. The number of carbonyl (C=O) groups excluding carboxylic acids is 1. The van der Waals surface area contributed by atoms with Crippen molar-refractivity contribution in [1.82, 2.24) is 9.97 Å². The van der Waals surface area contributed by atoms with Crippen LogP contribution in [-0.2, 0) is 16.7 Å². The van der Waals surface area contributed by atoms with Gasteiger partial charge in [0.05, 0.1) is 12.6 Å². The average molecular weight is 594 g/mol. The zero-order chi connectivity index (χ0) is 30.2. The van der Waals surface area contributed by atoms with Gasteiger partial charge in [0.15, 0.2) is 0 Å². The summed E-state index contributed by atoms with van der Waals surface area (Å²) in [4.78, 5) is 19.5. The summed E-state index contributed by atoms with van der Waals surface area (Å²) in [6, 6.07) is 15.0. The van der Waals surface area contributed by atoms with E-state index in [1.165, 1.54) is 31.5 Å². The smallest absolute Gasteiger partial charge is 0.264 e. The lowest BCUT2D eigenvalue weighted by molar-refractivity contribution is 0.0998. The summed E-state index contributed by atoms with van der Waals surface area (Å²) in [5, 5.41) is 0.642. The second kappa shape index (κ2) is 11.0. The van der Waals surface area contributed by atoms with Crippen LogP contribution in [0.2, 0.25) is 0 Å². The van der Waals surface area contributed by atoms with Crippen molar-refractivity contribution in [2.24, 2.45) is 5.73 Å². The second-order valence-corrected chi connectivity index (χ2v) is 10.8. The molecule has 1 amide bonds. The molecule has 0 radical (unpaired) electrons. The second-order valence-electron chi connectivity index (χ2n) is 9.16. The van der Waals surface area contributed by atoms with Crippen LogP contribution in [0, 0.1) is 11.6 Å². The highest BCUT2D eigenvalue weighted by Crippen LogP contribution is 2.34. The normalized spacial score (nSPS) is 11.4. The monoisotopic (exact) mass is 593 g/mol. The van der Waals surface area contributed by atoms with Crippen LogP contribution in [0.5, 0.6) is 5.88 Å². The van der Waals surface area contributed by atoms with Crippen LogP contribution in [-0.4, -0.2) is 31.4 Å². The highest BCUT2D eigenvalue weighted by molar-refractivity contribution is 7.92. The molecule has 0 aliphatic carbocycles. The van der Waals surface area contributed by atoms with E-state index in [9.17, 15) is 26.4 Å². The molecule has 0 aliphatic rings. The largest absolute Gasteiger partial charge is 0.480 e. The molecule has 0 spiro atoms. The van der Waals surface area contributed by atoms with Gasteiger partial charge in [0.2, 0.25) is 11.8 Å². The number of sulfonamides is 1. The number of hydrogen-bond donors (Lipinski definition) is 3. The summed E-state index contributed by atoms with van der Waals surface area (Å²) in [5.74, 6) is -2.83. The molecule has 3 aromatic carbocycles. The fourth-order valence-electron chi connectivity index (χ4n) is 4.45. The highest BCUT2D eigenvalue weighted by atomic mass is 32.2. The molecule has 9 nitrogen and oxygen atoms in total. The first-order valence-electron chi connectivity index (χ1n) is 12.2. The number of nitrogens with one attached hydrogen (secondary N) is 1. The molecule has 42 heavy (non-hydrogen) atoms. The van der Waals surface area contributed by atoms with E-state index in [1.807, 2.05) is 0 Å². The maximum atomic E-state index is 14.2. The lowest BCUT2D eigenvalue weighted by Gasteiger charge is -2.14. The number of hydrogen-bond acceptors (Lipinski definition) is 7. The Balaban J connectivity index is 1.55. The Labute approximate surface area is 238 Å². The van der Waals surface area contributed by atoms with Crippen LogP contribution in [0.4, 0.5) is 24.7 Å². The summed E-state index contributed by atoms with van der Waals surface area (Å²) >= 11 is 0. The minimum Gasteiger partial charge on any atom is -0.480 e. The zero-order valence-electron chi connectivity index (χ0n) is 21.9. The molecule has 0 bridgehead atoms. The van der Waals surface area contributed by atoms with Gasteiger partial charge in [-0.1, -0.05) is 12.1 Å². The Kier molecular flexibility index (Phi) is 7.44. The third-order valence-corrected chi connectivity index (χ3v) is 7.87. The van der Waals surface area contributed by atoms with Gasteiger partial charge in [0, 0.05) is 34.3 Å². The van der Waals surface area contributed by atoms with E-state index in [2.05, 4.69) is 14.7 Å². The van der Waals surface area contributed by atoms with Gasteiger partial charge >= 0.3 is 0 Å². The molecule has 5 aromatic rings. The van der Waals surface area contributed by atoms with Gasteiger partial charge in [-0.3, -0.25) is 9.52 Å². The fraction of sp³-hybridized carbons (Fsp3) is 0.0690. The van der Waals surface area contributed by atoms with Crippen molar-refractivity contribution in [2.45, 2.75) is 11.6 Å². The molecule has 5 N–H and O–H groups in total. The number of ether oxygens (including phenoxy) is 1. The third-order valence-electron chi connectivity index (χ3n) is 6.48. The van der Waals surface area contributed by atoms with Crippen LogP contribution in [0.15, 0.2) is 77.8 Å². The van der Waals surface area contributed by atoms with Gasteiger partial charge in [-0.25, -0.2) is 31.6 Å². The van der Waals surface area contributed by atoms with E-state index >= 15 is 0 Å². The van der Waals surface area contributed by atoms with Gasteiger partial charge in [0.25, 0.3) is 10.0 Å². The number of pyridine rings is 2. The Morgan fingerprint density at radius 1 is 0.976 bits per heavy atom. The highest BCUT2D eigenvalue weighted by Gasteiger charge is 2.22. The predicted octanol–water partition coefficient (Wildman–Crippen LogP) is 5.20. The summed E-state index contributed by atoms with van der Waals surface area (Å²) < 4.78 is 74.4. The van der Waals surface area contributed by atoms with Gasteiger partial charge in [-0.05, 0) is 65.2 Å². The molecule has 0 unspecified atom stereocenters. The molecule has 2 aromatic heterocycles. The van der Waals surface area contributed by atoms with Gasteiger partial charge < -0.3 is 16.2 Å². The van der Waals surface area contributed by atoms with Crippen molar-refractivity contribution in [3.63, 3.8) is 0 Å². The average Bonchev–Trinajstić information content (AvgIpc) is 2.95. The summed E-state index contributed by atoms with van der Waals surface area (Å²) in [6.45, 7) is -0.901. The molecule has 0 saturated carbocycles. The Bertz CT molecular complexity index is 1990. The van der Waals surface area contributed by atoms with Gasteiger partial charge in [0.1, 0.15) is 34.7 Å². The zero-order valence-corrected chi connectivity index (χ0v) is 22.7. The number of aromatic nitrogens is 2. The van der Waals surface area contributed by atoms with Crippen LogP contribution in [0.3, 0.4) is 0 Å². The summed E-state index contributed by atoms with van der Waals surface area (Å²) in [5.41, 5.74) is 14.3. The lowest BCUT2D eigenvalue weighted by Crippen LogP contribution is -2.15. The quantitative estimate of drug-likeness (QED) is 0.224. The number of anilines is 2. The van der Waals surface area contributed by atoms with Crippen molar-refractivity contribution < 1.29 is 31.1 Å². The number of halogens is 3. The molecular weight excluding hydrogens is 571 g/mol. The number of primary amides is 1. The topological polar surface area (TPSA) is 150 Å². The molecular formula is C29H22F3N5O4S. The van der Waals surface area contributed by atoms with Crippen molar-refractivity contribution in [3.05, 3.63) is 95.7 Å². The van der Waals surface area contributed by atoms with Gasteiger partial charge in [-0.2, -0.15) is 0 Å². The molecule has 5 rings (SSSR count). The predicted molar refractivity (Wildman–Crippen MR) is 152 cm³/mol. The number of carbonyl (C=O) groups is 1. The number of fused-ring (bicyclic) bond motifs is 1. The Morgan fingerprint density at radius 2 is 1.74 bits per heavy atom. The Hall–Kier alpha value is -5.17. The first-order chi connectivity index (χ1) is 20.0. The molecule has 0 fully saturated rings. The summed E-state index contributed by atoms with van der Waals surface area (Å²) in [6.07, 6.45) is 1.46. The number of alkyl halides is 1. The van der Waals surface area contributed by atoms with E-state index in [1.54, 1.807) is 30.3 Å². The SMILES string of the molecule is COc1ncc(-c2ccc3nc(N)c(-c4ccc(C(N)=O)c(CF)c4)cc3c2)cc1NS(=O)(=O)c1ccc(F)cc1F.